The Hall–Kier alpha value is -4.45. The van der Waals surface area contributed by atoms with E-state index in [1.165, 1.54) is 24.3 Å². The van der Waals surface area contributed by atoms with Crippen LogP contribution < -0.4 is 11.1 Å². The van der Waals surface area contributed by atoms with Gasteiger partial charge in [-0.3, -0.25) is 9.59 Å². The van der Waals surface area contributed by atoms with Gasteiger partial charge in [0, 0.05) is 27.5 Å². The van der Waals surface area contributed by atoms with Crippen LogP contribution in [0.3, 0.4) is 0 Å². The van der Waals surface area contributed by atoms with Gasteiger partial charge in [0.2, 0.25) is 0 Å². The molecule has 1 aromatic heterocycles. The van der Waals surface area contributed by atoms with Crippen LogP contribution in [-0.4, -0.2) is 16.8 Å². The van der Waals surface area contributed by atoms with Gasteiger partial charge in [0.25, 0.3) is 11.8 Å². The molecule has 162 valence electrons. The smallest absolute Gasteiger partial charge is 0.255 e. The van der Waals surface area contributed by atoms with Gasteiger partial charge in [-0.2, -0.15) is 0 Å². The maximum Gasteiger partial charge on any atom is 0.255 e. The van der Waals surface area contributed by atoms with Crippen molar-refractivity contribution in [1.82, 2.24) is 4.98 Å². The number of rotatable bonds is 4. The zero-order chi connectivity index (χ0) is 23.1. The summed E-state index contributed by atoms with van der Waals surface area (Å²) in [5.41, 5.74) is 11.4. The molecular weight excluding hydrogens is 417 g/mol. The minimum absolute atomic E-state index is 0.323. The highest BCUT2D eigenvalue weighted by Gasteiger charge is 2.18. The van der Waals surface area contributed by atoms with Crippen LogP contribution in [-0.2, 0) is 0 Å². The molecule has 0 aliphatic heterocycles. The standard InChI is InChI=1S/C27H20FN3O2/c1-15-18(6-4-8-22(15)31-27(33)16-9-11-17(28)12-10-16)19-13-14-21(26(29)32)25-24(19)20-5-2-3-7-23(20)30-25/h2-14,30H,1H3,(H2,29,32)(H,31,33). The molecule has 0 spiro atoms. The van der Waals surface area contributed by atoms with Gasteiger partial charge >= 0.3 is 0 Å². The quantitative estimate of drug-likeness (QED) is 0.332. The van der Waals surface area contributed by atoms with Crippen molar-refractivity contribution in [1.29, 1.82) is 0 Å². The number of halogens is 1. The normalized spacial score (nSPS) is 11.1. The lowest BCUT2D eigenvalue weighted by molar-refractivity contribution is 0.0999. The summed E-state index contributed by atoms with van der Waals surface area (Å²) in [6.45, 7) is 1.93. The fourth-order valence-electron chi connectivity index (χ4n) is 4.25. The lowest BCUT2D eigenvalue weighted by Crippen LogP contribution is -2.13. The van der Waals surface area contributed by atoms with Crippen LogP contribution in [0.4, 0.5) is 10.1 Å². The third-order valence-electron chi connectivity index (χ3n) is 5.91. The minimum Gasteiger partial charge on any atom is -0.366 e. The van der Waals surface area contributed by atoms with Crippen LogP contribution in [0.2, 0.25) is 0 Å². The lowest BCUT2D eigenvalue weighted by Gasteiger charge is -2.14. The minimum atomic E-state index is -0.505. The molecule has 0 saturated carbocycles. The van der Waals surface area contributed by atoms with Crippen molar-refractivity contribution in [2.75, 3.05) is 5.32 Å². The van der Waals surface area contributed by atoms with Crippen LogP contribution in [0.15, 0.2) is 78.9 Å². The number of aromatic nitrogens is 1. The highest BCUT2D eigenvalue weighted by Crippen LogP contribution is 2.39. The topological polar surface area (TPSA) is 88.0 Å². The third kappa shape index (κ3) is 3.51. The van der Waals surface area contributed by atoms with Crippen molar-refractivity contribution < 1.29 is 14.0 Å². The lowest BCUT2D eigenvalue weighted by atomic mass is 9.93. The van der Waals surface area contributed by atoms with Crippen molar-refractivity contribution in [2.45, 2.75) is 6.92 Å². The number of fused-ring (bicyclic) bond motifs is 3. The molecule has 5 aromatic rings. The number of carbonyl (C=O) groups excluding carboxylic acids is 2. The van der Waals surface area contributed by atoms with E-state index in [0.717, 1.165) is 33.0 Å². The van der Waals surface area contributed by atoms with E-state index in [-0.39, 0.29) is 5.91 Å². The number of aromatic amines is 1. The Morgan fingerprint density at radius 2 is 1.64 bits per heavy atom. The second kappa shape index (κ2) is 7.91. The number of carbonyl (C=O) groups is 2. The van der Waals surface area contributed by atoms with E-state index < -0.39 is 11.7 Å². The van der Waals surface area contributed by atoms with Crippen molar-refractivity contribution in [3.8, 4) is 11.1 Å². The van der Waals surface area contributed by atoms with E-state index in [2.05, 4.69) is 10.3 Å². The summed E-state index contributed by atoms with van der Waals surface area (Å²) in [6, 6.07) is 22.5. The highest BCUT2D eigenvalue weighted by atomic mass is 19.1. The van der Waals surface area contributed by atoms with Gasteiger partial charge in [-0.05, 0) is 66.1 Å². The molecule has 0 radical (unpaired) electrons. The number of nitrogens with two attached hydrogens (primary N) is 1. The second-order valence-corrected chi connectivity index (χ2v) is 7.88. The van der Waals surface area contributed by atoms with E-state index in [0.29, 0.717) is 22.3 Å². The van der Waals surface area contributed by atoms with Crippen molar-refractivity contribution >= 4 is 39.3 Å². The molecule has 2 amide bonds. The van der Waals surface area contributed by atoms with Gasteiger partial charge in [-0.25, -0.2) is 4.39 Å². The predicted octanol–water partition coefficient (Wildman–Crippen LogP) is 5.79. The number of primary amides is 1. The van der Waals surface area contributed by atoms with E-state index in [4.69, 9.17) is 5.73 Å². The summed E-state index contributed by atoms with van der Waals surface area (Å²) in [6.07, 6.45) is 0. The Morgan fingerprint density at radius 1 is 0.879 bits per heavy atom. The summed E-state index contributed by atoms with van der Waals surface area (Å²) in [4.78, 5) is 28.1. The Balaban J connectivity index is 1.65. The van der Waals surface area contributed by atoms with E-state index in [1.54, 1.807) is 6.07 Å². The number of nitrogens with one attached hydrogen (secondary N) is 2. The number of hydrogen-bond acceptors (Lipinski definition) is 2. The average molecular weight is 437 g/mol. The van der Waals surface area contributed by atoms with Crippen LogP contribution in [0.25, 0.3) is 32.9 Å². The Kier molecular flexibility index (Phi) is 4.90. The maximum atomic E-state index is 13.2. The van der Waals surface area contributed by atoms with Crippen molar-refractivity contribution in [3.63, 3.8) is 0 Å². The third-order valence-corrected chi connectivity index (χ3v) is 5.91. The zero-order valence-electron chi connectivity index (χ0n) is 17.8. The number of para-hydroxylation sites is 1. The van der Waals surface area contributed by atoms with Gasteiger partial charge in [0.1, 0.15) is 5.82 Å². The van der Waals surface area contributed by atoms with E-state index in [9.17, 15) is 14.0 Å². The van der Waals surface area contributed by atoms with Gasteiger partial charge < -0.3 is 16.0 Å². The first kappa shape index (κ1) is 20.5. The maximum absolute atomic E-state index is 13.2. The molecule has 0 aliphatic rings. The molecule has 0 aliphatic carbocycles. The monoisotopic (exact) mass is 437 g/mol. The summed E-state index contributed by atoms with van der Waals surface area (Å²) in [5.74, 6) is -1.22. The average Bonchev–Trinajstić information content (AvgIpc) is 3.20. The van der Waals surface area contributed by atoms with Crippen LogP contribution in [0.5, 0.6) is 0 Å². The fourth-order valence-corrected chi connectivity index (χ4v) is 4.25. The zero-order valence-corrected chi connectivity index (χ0v) is 17.8. The van der Waals surface area contributed by atoms with Crippen LogP contribution in [0, 0.1) is 12.7 Å². The van der Waals surface area contributed by atoms with Crippen LogP contribution in [0.1, 0.15) is 26.3 Å². The molecule has 0 atom stereocenters. The largest absolute Gasteiger partial charge is 0.366 e. The molecule has 0 fully saturated rings. The molecule has 0 unspecified atom stereocenters. The summed E-state index contributed by atoms with van der Waals surface area (Å²) in [5, 5.41) is 4.79. The van der Waals surface area contributed by atoms with Crippen molar-refractivity contribution in [2.24, 2.45) is 5.73 Å². The molecule has 6 heteroatoms. The highest BCUT2D eigenvalue weighted by molar-refractivity contribution is 6.20. The molecule has 4 aromatic carbocycles. The van der Waals surface area contributed by atoms with Gasteiger partial charge in [-0.15, -0.1) is 0 Å². The van der Waals surface area contributed by atoms with E-state index in [1.807, 2.05) is 55.5 Å². The number of amides is 2. The molecule has 0 saturated heterocycles. The molecule has 4 N–H and O–H groups in total. The number of benzene rings is 4. The fraction of sp³-hybridized carbons (Fsp3) is 0.0370. The summed E-state index contributed by atoms with van der Waals surface area (Å²) >= 11 is 0. The number of anilines is 1. The molecule has 5 rings (SSSR count). The molecule has 5 nitrogen and oxygen atoms in total. The predicted molar refractivity (Wildman–Crippen MR) is 129 cm³/mol. The molecular formula is C27H20FN3O2. The summed E-state index contributed by atoms with van der Waals surface area (Å²) in [7, 11) is 0. The second-order valence-electron chi connectivity index (χ2n) is 7.88. The van der Waals surface area contributed by atoms with Crippen LogP contribution >= 0.6 is 0 Å². The first-order valence-electron chi connectivity index (χ1n) is 10.4. The molecule has 33 heavy (non-hydrogen) atoms. The van der Waals surface area contributed by atoms with E-state index >= 15 is 0 Å². The van der Waals surface area contributed by atoms with Gasteiger partial charge in [-0.1, -0.05) is 36.4 Å². The first-order valence-corrected chi connectivity index (χ1v) is 10.4. The summed E-state index contributed by atoms with van der Waals surface area (Å²) < 4.78 is 13.2. The Bertz CT molecular complexity index is 1550. The number of hydrogen-bond donors (Lipinski definition) is 3. The Labute approximate surface area is 189 Å². The Morgan fingerprint density at radius 3 is 2.39 bits per heavy atom. The number of H-pyrrole nitrogens is 1. The first-order chi connectivity index (χ1) is 15.9. The van der Waals surface area contributed by atoms with Crippen molar-refractivity contribution in [3.05, 3.63) is 101 Å². The molecule has 1 heterocycles. The SMILES string of the molecule is Cc1c(NC(=O)c2ccc(F)cc2)cccc1-c1ccc(C(N)=O)c2[nH]c3ccccc3c12. The van der Waals surface area contributed by atoms with Gasteiger partial charge in [0.15, 0.2) is 0 Å². The molecule has 0 bridgehead atoms. The van der Waals surface area contributed by atoms with Gasteiger partial charge in [0.05, 0.1) is 11.1 Å².